The highest BCUT2D eigenvalue weighted by molar-refractivity contribution is 6.34. The minimum absolute atomic E-state index is 0.0229. The number of hydrogen-bond donors (Lipinski definition) is 1. The largest absolute Gasteiger partial charge is 0.431 e. The van der Waals surface area contributed by atoms with Crippen LogP contribution in [0.3, 0.4) is 0 Å². The van der Waals surface area contributed by atoms with Crippen LogP contribution < -0.4 is 16.6 Å². The molecule has 0 unspecified atom stereocenters. The summed E-state index contributed by atoms with van der Waals surface area (Å²) in [5, 5.41) is 2.65. The number of carbonyl (C=O) groups is 1. The maximum absolute atomic E-state index is 13.0. The van der Waals surface area contributed by atoms with Crippen molar-refractivity contribution in [1.29, 1.82) is 0 Å². The van der Waals surface area contributed by atoms with E-state index in [1.165, 1.54) is 18.2 Å². The smallest absolute Gasteiger partial charge is 0.324 e. The fourth-order valence-corrected chi connectivity index (χ4v) is 2.52. The fraction of sp³-hybridized carbons (Fsp3) is 0.353. The van der Waals surface area contributed by atoms with E-state index in [1.807, 2.05) is 0 Å². The molecule has 1 amide bonds. The van der Waals surface area contributed by atoms with Crippen LogP contribution in [-0.2, 0) is 18.0 Å². The third-order valence-electron chi connectivity index (χ3n) is 4.02. The van der Waals surface area contributed by atoms with E-state index in [0.29, 0.717) is 15.2 Å². The standard InChI is InChI=1S/C17H16Cl2F3N3O3/c1-16(2,8-18)14(27)23-11-6-9(4-5-10(11)19)25-13(26)7-12(17(20,21)22)24(3)15(25)28/h4-7H,8H2,1-3H3,(H,23,27). The summed E-state index contributed by atoms with van der Waals surface area (Å²) >= 11 is 11.8. The van der Waals surface area contributed by atoms with Gasteiger partial charge < -0.3 is 5.32 Å². The van der Waals surface area contributed by atoms with Crippen molar-refractivity contribution in [2.45, 2.75) is 20.0 Å². The third kappa shape index (κ3) is 4.25. The SMILES string of the molecule is Cn1c(C(F)(F)F)cc(=O)n(-c2ccc(Cl)c(NC(=O)C(C)(C)CCl)c2)c1=O. The first kappa shape index (κ1) is 22.0. The quantitative estimate of drug-likeness (QED) is 0.744. The Balaban J connectivity index is 2.60. The number of hydrogen-bond acceptors (Lipinski definition) is 3. The Morgan fingerprint density at radius 2 is 1.79 bits per heavy atom. The second kappa shape index (κ2) is 7.63. The zero-order valence-electron chi connectivity index (χ0n) is 15.0. The number of nitrogens with one attached hydrogen (secondary N) is 1. The topological polar surface area (TPSA) is 73.1 Å². The minimum atomic E-state index is -4.86. The highest BCUT2D eigenvalue weighted by Gasteiger charge is 2.35. The van der Waals surface area contributed by atoms with E-state index in [4.69, 9.17) is 23.2 Å². The van der Waals surface area contributed by atoms with E-state index in [0.717, 1.165) is 7.05 Å². The lowest BCUT2D eigenvalue weighted by Crippen LogP contribution is -2.40. The Hall–Kier alpha value is -2.26. The zero-order valence-corrected chi connectivity index (χ0v) is 16.5. The predicted molar refractivity (Wildman–Crippen MR) is 100 cm³/mol. The van der Waals surface area contributed by atoms with Crippen molar-refractivity contribution in [3.63, 3.8) is 0 Å². The summed E-state index contributed by atoms with van der Waals surface area (Å²) in [6, 6.07) is 4.13. The number of nitrogens with zero attached hydrogens (tertiary/aromatic N) is 2. The van der Waals surface area contributed by atoms with Crippen LogP contribution in [0.5, 0.6) is 0 Å². The summed E-state index contributed by atoms with van der Waals surface area (Å²) in [5.74, 6) is -0.441. The molecule has 0 atom stereocenters. The highest BCUT2D eigenvalue weighted by Crippen LogP contribution is 2.29. The van der Waals surface area contributed by atoms with Gasteiger partial charge in [0.05, 0.1) is 21.8 Å². The number of carbonyl (C=O) groups excluding carboxylic acids is 1. The zero-order chi connectivity index (χ0) is 21.4. The van der Waals surface area contributed by atoms with Crippen LogP contribution in [0.4, 0.5) is 18.9 Å². The van der Waals surface area contributed by atoms with Crippen molar-refractivity contribution in [1.82, 2.24) is 9.13 Å². The molecular formula is C17H16Cl2F3N3O3. The van der Waals surface area contributed by atoms with Gasteiger partial charge in [0.15, 0.2) is 0 Å². The van der Waals surface area contributed by atoms with Crippen molar-refractivity contribution < 1.29 is 18.0 Å². The molecule has 28 heavy (non-hydrogen) atoms. The molecule has 1 N–H and O–H groups in total. The maximum atomic E-state index is 13.0. The van der Waals surface area contributed by atoms with Gasteiger partial charge in [0.25, 0.3) is 5.56 Å². The first-order valence-corrected chi connectivity index (χ1v) is 8.78. The van der Waals surface area contributed by atoms with Gasteiger partial charge in [-0.3, -0.25) is 14.2 Å². The molecule has 0 spiro atoms. The summed E-state index contributed by atoms with van der Waals surface area (Å²) in [5.41, 5.74) is -4.64. The van der Waals surface area contributed by atoms with Gasteiger partial charge in [-0.1, -0.05) is 11.6 Å². The van der Waals surface area contributed by atoms with Gasteiger partial charge >= 0.3 is 11.9 Å². The van der Waals surface area contributed by atoms with Crippen LogP contribution in [0, 0.1) is 5.41 Å². The van der Waals surface area contributed by atoms with Gasteiger partial charge in [0, 0.05) is 19.0 Å². The van der Waals surface area contributed by atoms with E-state index in [-0.39, 0.29) is 22.3 Å². The van der Waals surface area contributed by atoms with Crippen LogP contribution in [0.25, 0.3) is 5.69 Å². The first-order valence-electron chi connectivity index (χ1n) is 7.87. The molecule has 152 valence electrons. The summed E-state index contributed by atoms with van der Waals surface area (Å²) < 4.78 is 39.8. The first-order chi connectivity index (χ1) is 12.8. The van der Waals surface area contributed by atoms with Gasteiger partial charge in [0.2, 0.25) is 5.91 Å². The minimum Gasteiger partial charge on any atom is -0.324 e. The molecule has 2 rings (SSSR count). The lowest BCUT2D eigenvalue weighted by molar-refractivity contribution is -0.144. The van der Waals surface area contributed by atoms with E-state index >= 15 is 0 Å². The van der Waals surface area contributed by atoms with Gasteiger partial charge in [-0.2, -0.15) is 13.2 Å². The molecule has 6 nitrogen and oxygen atoms in total. The second-order valence-electron chi connectivity index (χ2n) is 6.68. The maximum Gasteiger partial charge on any atom is 0.431 e. The molecule has 0 radical (unpaired) electrons. The van der Waals surface area contributed by atoms with Gasteiger partial charge in [-0.15, -0.1) is 11.6 Å². The number of amides is 1. The Kier molecular flexibility index (Phi) is 6.01. The Labute approximate surface area is 167 Å². The van der Waals surface area contributed by atoms with E-state index < -0.39 is 34.4 Å². The molecule has 1 aromatic heterocycles. The molecule has 0 aliphatic carbocycles. The molecule has 0 saturated heterocycles. The van der Waals surface area contributed by atoms with Gasteiger partial charge in [-0.05, 0) is 32.0 Å². The van der Waals surface area contributed by atoms with Crippen molar-refractivity contribution in [2.24, 2.45) is 12.5 Å². The molecule has 0 aliphatic heterocycles. The van der Waals surface area contributed by atoms with E-state index in [2.05, 4.69) is 5.32 Å². The number of rotatable bonds is 4. The van der Waals surface area contributed by atoms with Crippen molar-refractivity contribution >= 4 is 34.8 Å². The molecule has 11 heteroatoms. The normalized spacial score (nSPS) is 12.1. The summed E-state index contributed by atoms with van der Waals surface area (Å²) in [6.07, 6.45) is -4.86. The average Bonchev–Trinajstić information content (AvgIpc) is 2.59. The Morgan fingerprint density at radius 3 is 2.32 bits per heavy atom. The van der Waals surface area contributed by atoms with Crippen LogP contribution in [0.1, 0.15) is 19.5 Å². The fourth-order valence-electron chi connectivity index (χ4n) is 2.24. The lowest BCUT2D eigenvalue weighted by Gasteiger charge is -2.21. The molecule has 0 bridgehead atoms. The molecule has 1 heterocycles. The lowest BCUT2D eigenvalue weighted by atomic mass is 9.95. The number of halogens is 5. The average molecular weight is 438 g/mol. The summed E-state index contributed by atoms with van der Waals surface area (Å²) in [4.78, 5) is 36.9. The Bertz CT molecular complexity index is 1040. The van der Waals surface area contributed by atoms with E-state index in [9.17, 15) is 27.6 Å². The van der Waals surface area contributed by atoms with Crippen LogP contribution in [0.15, 0.2) is 33.9 Å². The number of aromatic nitrogens is 2. The van der Waals surface area contributed by atoms with Crippen molar-refractivity contribution in [3.8, 4) is 5.69 Å². The molecule has 0 saturated carbocycles. The van der Waals surface area contributed by atoms with Crippen LogP contribution in [0.2, 0.25) is 5.02 Å². The summed E-state index contributed by atoms with van der Waals surface area (Å²) in [7, 11) is 0.905. The predicted octanol–water partition coefficient (Wildman–Crippen LogP) is 3.41. The monoisotopic (exact) mass is 437 g/mol. The molecule has 0 aliphatic rings. The van der Waals surface area contributed by atoms with E-state index in [1.54, 1.807) is 13.8 Å². The van der Waals surface area contributed by atoms with Crippen molar-refractivity contribution in [2.75, 3.05) is 11.2 Å². The molecule has 2 aromatic rings. The molecule has 0 fully saturated rings. The number of benzene rings is 1. The third-order valence-corrected chi connectivity index (χ3v) is 5.01. The van der Waals surface area contributed by atoms with Gasteiger partial charge in [-0.25, -0.2) is 9.36 Å². The van der Waals surface area contributed by atoms with Crippen molar-refractivity contribution in [3.05, 3.63) is 55.8 Å². The number of anilines is 1. The van der Waals surface area contributed by atoms with Crippen LogP contribution in [-0.4, -0.2) is 20.9 Å². The van der Waals surface area contributed by atoms with Crippen LogP contribution >= 0.6 is 23.2 Å². The highest BCUT2D eigenvalue weighted by atomic mass is 35.5. The molecular weight excluding hydrogens is 422 g/mol. The molecule has 1 aromatic carbocycles. The second-order valence-corrected chi connectivity index (χ2v) is 7.35. The van der Waals surface area contributed by atoms with Gasteiger partial charge in [0.1, 0.15) is 5.69 Å². The Morgan fingerprint density at radius 1 is 1.18 bits per heavy atom. The summed E-state index contributed by atoms with van der Waals surface area (Å²) in [6.45, 7) is 3.20. The number of alkyl halides is 4.